The lowest BCUT2D eigenvalue weighted by Crippen LogP contribution is -2.26. The molecule has 0 unspecified atom stereocenters. The topological polar surface area (TPSA) is 75.4 Å². The van der Waals surface area contributed by atoms with Crippen LogP contribution in [0.15, 0.2) is 10.6 Å². The van der Waals surface area contributed by atoms with Crippen LogP contribution in [0.3, 0.4) is 0 Å². The highest BCUT2D eigenvalue weighted by Gasteiger charge is 2.21. The van der Waals surface area contributed by atoms with Gasteiger partial charge < -0.3 is 14.9 Å². The summed E-state index contributed by atoms with van der Waals surface area (Å²) < 4.78 is 5.17. The molecule has 1 rings (SSSR count). The summed E-state index contributed by atoms with van der Waals surface area (Å²) in [6.07, 6.45) is 0.789. The maximum absolute atomic E-state index is 11.8. The van der Waals surface area contributed by atoms with Crippen molar-refractivity contribution in [1.29, 1.82) is 0 Å². The van der Waals surface area contributed by atoms with E-state index in [1.807, 2.05) is 20.8 Å². The van der Waals surface area contributed by atoms with E-state index in [-0.39, 0.29) is 17.9 Å². The van der Waals surface area contributed by atoms with Gasteiger partial charge in [-0.2, -0.15) is 11.8 Å². The van der Waals surface area contributed by atoms with Crippen LogP contribution in [-0.4, -0.2) is 40.8 Å². The van der Waals surface area contributed by atoms with Gasteiger partial charge in [-0.1, -0.05) is 25.9 Å². The van der Waals surface area contributed by atoms with Gasteiger partial charge in [0, 0.05) is 30.4 Å². The first kappa shape index (κ1) is 16.0. The van der Waals surface area contributed by atoms with Gasteiger partial charge in [-0.05, 0) is 12.2 Å². The summed E-state index contributed by atoms with van der Waals surface area (Å²) >= 11 is 1.71. The summed E-state index contributed by atoms with van der Waals surface area (Å²) in [5.41, 5.74) is 0.177. The summed E-state index contributed by atoms with van der Waals surface area (Å²) in [6, 6.07) is 1.69. The summed E-state index contributed by atoms with van der Waals surface area (Å²) in [5, 5.41) is 15.2. The highest BCUT2D eigenvalue weighted by molar-refractivity contribution is 7.99. The average Bonchev–Trinajstić information content (AvgIpc) is 2.82. The normalized spacial score (nSPS) is 11.6. The zero-order valence-corrected chi connectivity index (χ0v) is 12.5. The van der Waals surface area contributed by atoms with E-state index in [4.69, 9.17) is 9.63 Å². The molecular weight excluding hydrogens is 264 g/mol. The molecule has 2 N–H and O–H groups in total. The number of nitrogens with one attached hydrogen (secondary N) is 1. The van der Waals surface area contributed by atoms with Crippen LogP contribution in [0.1, 0.15) is 43.4 Å². The lowest BCUT2D eigenvalue weighted by Gasteiger charge is -2.12. The Morgan fingerprint density at radius 2 is 2.21 bits per heavy atom. The van der Waals surface area contributed by atoms with Gasteiger partial charge in [0.15, 0.2) is 5.69 Å². The predicted octanol–water partition coefficient (Wildman–Crippen LogP) is 1.82. The van der Waals surface area contributed by atoms with E-state index in [0.29, 0.717) is 18.0 Å². The van der Waals surface area contributed by atoms with Gasteiger partial charge in [-0.3, -0.25) is 4.79 Å². The summed E-state index contributed by atoms with van der Waals surface area (Å²) in [4.78, 5) is 11.8. The molecule has 5 nitrogen and oxygen atoms in total. The standard InChI is InChI=1S/C13H22N2O3S/c1-13(2,3)11-9-10(15-18-11)12(17)14-5-8-19-7-4-6-16/h9,16H,4-8H2,1-3H3,(H,14,17). The Balaban J connectivity index is 2.32. The van der Waals surface area contributed by atoms with Crippen LogP contribution in [-0.2, 0) is 5.41 Å². The maximum atomic E-state index is 11.8. The Kier molecular flexibility index (Phi) is 6.37. The molecule has 0 aliphatic rings. The molecule has 108 valence electrons. The minimum atomic E-state index is -0.206. The van der Waals surface area contributed by atoms with Crippen LogP contribution in [0.2, 0.25) is 0 Å². The molecule has 0 radical (unpaired) electrons. The Labute approximate surface area is 118 Å². The van der Waals surface area contributed by atoms with Crippen molar-refractivity contribution in [3.63, 3.8) is 0 Å². The second kappa shape index (κ2) is 7.55. The number of aliphatic hydroxyl groups excluding tert-OH is 1. The number of hydrogen-bond acceptors (Lipinski definition) is 5. The second-order valence-electron chi connectivity index (χ2n) is 5.27. The van der Waals surface area contributed by atoms with E-state index in [1.54, 1.807) is 17.8 Å². The molecule has 0 spiro atoms. The molecule has 0 saturated heterocycles. The monoisotopic (exact) mass is 286 g/mol. The number of carbonyl (C=O) groups is 1. The lowest BCUT2D eigenvalue weighted by atomic mass is 9.93. The van der Waals surface area contributed by atoms with Crippen molar-refractivity contribution < 1.29 is 14.4 Å². The number of nitrogens with zero attached hydrogens (tertiary/aromatic N) is 1. The molecule has 0 aliphatic carbocycles. The molecular formula is C13H22N2O3S. The highest BCUT2D eigenvalue weighted by atomic mass is 32.2. The SMILES string of the molecule is CC(C)(C)c1cc(C(=O)NCCSCCCO)no1. The van der Waals surface area contributed by atoms with Crippen LogP contribution in [0.25, 0.3) is 0 Å². The van der Waals surface area contributed by atoms with Gasteiger partial charge in [0.2, 0.25) is 0 Å². The second-order valence-corrected chi connectivity index (χ2v) is 6.50. The molecule has 1 amide bonds. The molecule has 0 atom stereocenters. The zero-order valence-electron chi connectivity index (χ0n) is 11.7. The summed E-state index contributed by atoms with van der Waals surface area (Å²) in [5.74, 6) is 2.23. The van der Waals surface area contributed by atoms with Gasteiger partial charge in [0.1, 0.15) is 5.76 Å². The first-order chi connectivity index (χ1) is 8.95. The summed E-state index contributed by atoms with van der Waals surface area (Å²) in [6.45, 7) is 6.83. The third-order valence-electron chi connectivity index (χ3n) is 2.46. The molecule has 0 bridgehead atoms. The van der Waals surface area contributed by atoms with Gasteiger partial charge in [0.25, 0.3) is 5.91 Å². The van der Waals surface area contributed by atoms with E-state index in [0.717, 1.165) is 17.9 Å². The Bertz CT molecular complexity index is 399. The number of carbonyl (C=O) groups excluding carboxylic acids is 1. The molecule has 6 heteroatoms. The average molecular weight is 286 g/mol. The Hall–Kier alpha value is -1.01. The third-order valence-corrected chi connectivity index (χ3v) is 3.53. The molecule has 0 fully saturated rings. The molecule has 1 aromatic heterocycles. The molecule has 1 heterocycles. The van der Waals surface area contributed by atoms with Crippen molar-refractivity contribution in [3.8, 4) is 0 Å². The quantitative estimate of drug-likeness (QED) is 0.748. The summed E-state index contributed by atoms with van der Waals surface area (Å²) in [7, 11) is 0. The third kappa shape index (κ3) is 5.65. The van der Waals surface area contributed by atoms with Crippen LogP contribution in [0, 0.1) is 0 Å². The van der Waals surface area contributed by atoms with Gasteiger partial charge in [-0.15, -0.1) is 0 Å². The number of thioether (sulfide) groups is 1. The first-order valence-electron chi connectivity index (χ1n) is 6.39. The largest absolute Gasteiger partial charge is 0.396 e. The van der Waals surface area contributed by atoms with E-state index in [2.05, 4.69) is 10.5 Å². The fraction of sp³-hybridized carbons (Fsp3) is 0.692. The van der Waals surface area contributed by atoms with Crippen molar-refractivity contribution in [2.45, 2.75) is 32.6 Å². The number of rotatable bonds is 7. The molecule has 0 saturated carbocycles. The minimum absolute atomic E-state index is 0.147. The smallest absolute Gasteiger partial charge is 0.273 e. The minimum Gasteiger partial charge on any atom is -0.396 e. The molecule has 1 aromatic rings. The number of aliphatic hydroxyl groups is 1. The van der Waals surface area contributed by atoms with Gasteiger partial charge in [-0.25, -0.2) is 0 Å². The van der Waals surface area contributed by atoms with Crippen molar-refractivity contribution in [2.75, 3.05) is 24.7 Å². The zero-order chi connectivity index (χ0) is 14.3. The van der Waals surface area contributed by atoms with Crippen molar-refractivity contribution >= 4 is 17.7 Å². The lowest BCUT2D eigenvalue weighted by molar-refractivity contribution is 0.0947. The van der Waals surface area contributed by atoms with Gasteiger partial charge in [0.05, 0.1) is 0 Å². The predicted molar refractivity (Wildman–Crippen MR) is 76.6 cm³/mol. The number of hydrogen-bond donors (Lipinski definition) is 2. The molecule has 19 heavy (non-hydrogen) atoms. The highest BCUT2D eigenvalue weighted by Crippen LogP contribution is 2.22. The van der Waals surface area contributed by atoms with E-state index in [9.17, 15) is 4.79 Å². The maximum Gasteiger partial charge on any atom is 0.273 e. The van der Waals surface area contributed by atoms with E-state index < -0.39 is 0 Å². The Morgan fingerprint density at radius 3 is 2.79 bits per heavy atom. The van der Waals surface area contributed by atoms with Crippen LogP contribution in [0.4, 0.5) is 0 Å². The van der Waals surface area contributed by atoms with Gasteiger partial charge >= 0.3 is 0 Å². The fourth-order valence-corrected chi connectivity index (χ4v) is 2.12. The van der Waals surface area contributed by atoms with E-state index in [1.165, 1.54) is 0 Å². The first-order valence-corrected chi connectivity index (χ1v) is 7.54. The number of aromatic nitrogens is 1. The van der Waals surface area contributed by atoms with Crippen LogP contribution >= 0.6 is 11.8 Å². The molecule has 0 aromatic carbocycles. The van der Waals surface area contributed by atoms with Crippen LogP contribution < -0.4 is 5.32 Å². The van der Waals surface area contributed by atoms with Crippen molar-refractivity contribution in [3.05, 3.63) is 17.5 Å². The molecule has 0 aliphatic heterocycles. The fourth-order valence-electron chi connectivity index (χ4n) is 1.33. The van der Waals surface area contributed by atoms with Crippen molar-refractivity contribution in [1.82, 2.24) is 10.5 Å². The van der Waals surface area contributed by atoms with Crippen LogP contribution in [0.5, 0.6) is 0 Å². The number of amides is 1. The van der Waals surface area contributed by atoms with E-state index >= 15 is 0 Å². The van der Waals surface area contributed by atoms with Crippen molar-refractivity contribution in [2.24, 2.45) is 0 Å². The Morgan fingerprint density at radius 1 is 1.47 bits per heavy atom.